The standard InChI is InChI=1S/C11H14N4OS/c12-8-3-1-2-7(4-8)11-14-10(15-16-11)9-5-17-6-13-9/h5-8H,1-4,12H2. The Morgan fingerprint density at radius 3 is 3.12 bits per heavy atom. The van der Waals surface area contributed by atoms with Crippen LogP contribution in [0.4, 0.5) is 0 Å². The van der Waals surface area contributed by atoms with Gasteiger partial charge in [0.25, 0.3) is 0 Å². The Morgan fingerprint density at radius 1 is 1.41 bits per heavy atom. The van der Waals surface area contributed by atoms with E-state index in [-0.39, 0.29) is 6.04 Å². The second-order valence-electron chi connectivity index (χ2n) is 4.45. The molecule has 2 N–H and O–H groups in total. The fourth-order valence-electron chi connectivity index (χ4n) is 2.28. The summed E-state index contributed by atoms with van der Waals surface area (Å²) >= 11 is 1.53. The average molecular weight is 250 g/mol. The lowest BCUT2D eigenvalue weighted by molar-refractivity contribution is 0.299. The summed E-state index contributed by atoms with van der Waals surface area (Å²) in [4.78, 5) is 8.59. The molecule has 17 heavy (non-hydrogen) atoms. The molecule has 2 heterocycles. The third kappa shape index (κ3) is 2.23. The van der Waals surface area contributed by atoms with E-state index in [2.05, 4.69) is 15.1 Å². The van der Waals surface area contributed by atoms with E-state index < -0.39 is 0 Å². The van der Waals surface area contributed by atoms with Crippen molar-refractivity contribution in [1.82, 2.24) is 15.1 Å². The fraction of sp³-hybridized carbons (Fsp3) is 0.545. The van der Waals surface area contributed by atoms with Gasteiger partial charge in [-0.3, -0.25) is 0 Å². The summed E-state index contributed by atoms with van der Waals surface area (Å²) in [6, 6.07) is 0.267. The number of nitrogens with zero attached hydrogens (tertiary/aromatic N) is 3. The monoisotopic (exact) mass is 250 g/mol. The van der Waals surface area contributed by atoms with Crippen LogP contribution < -0.4 is 5.73 Å². The maximum Gasteiger partial charge on any atom is 0.230 e. The maximum absolute atomic E-state index is 5.96. The van der Waals surface area contributed by atoms with Gasteiger partial charge >= 0.3 is 0 Å². The summed E-state index contributed by atoms with van der Waals surface area (Å²) in [6.45, 7) is 0. The minimum Gasteiger partial charge on any atom is -0.339 e. The van der Waals surface area contributed by atoms with Crippen molar-refractivity contribution < 1.29 is 4.52 Å². The minimum atomic E-state index is 0.267. The lowest BCUT2D eigenvalue weighted by Crippen LogP contribution is -2.26. The Hall–Kier alpha value is -1.27. The molecule has 2 atom stereocenters. The summed E-state index contributed by atoms with van der Waals surface area (Å²) in [6.07, 6.45) is 4.27. The van der Waals surface area contributed by atoms with Crippen molar-refractivity contribution in [3.05, 3.63) is 16.8 Å². The molecule has 3 rings (SSSR count). The molecule has 6 heteroatoms. The highest BCUT2D eigenvalue weighted by Crippen LogP contribution is 2.32. The molecule has 0 radical (unpaired) electrons. The Morgan fingerprint density at radius 2 is 2.35 bits per heavy atom. The zero-order valence-electron chi connectivity index (χ0n) is 9.37. The number of aromatic nitrogens is 3. The smallest absolute Gasteiger partial charge is 0.230 e. The van der Waals surface area contributed by atoms with Crippen molar-refractivity contribution in [3.63, 3.8) is 0 Å². The molecule has 1 aliphatic carbocycles. The first-order valence-electron chi connectivity index (χ1n) is 5.80. The van der Waals surface area contributed by atoms with E-state index in [0.717, 1.165) is 31.4 Å². The minimum absolute atomic E-state index is 0.267. The molecule has 2 unspecified atom stereocenters. The van der Waals surface area contributed by atoms with E-state index in [0.29, 0.717) is 17.6 Å². The number of thiazole rings is 1. The van der Waals surface area contributed by atoms with Crippen molar-refractivity contribution in [2.45, 2.75) is 37.6 Å². The van der Waals surface area contributed by atoms with Crippen molar-refractivity contribution in [2.24, 2.45) is 5.73 Å². The first kappa shape index (κ1) is 10.9. The summed E-state index contributed by atoms with van der Waals surface area (Å²) in [5, 5.41) is 5.89. The first-order chi connectivity index (χ1) is 8.33. The van der Waals surface area contributed by atoms with Gasteiger partial charge in [-0.1, -0.05) is 11.6 Å². The van der Waals surface area contributed by atoms with Crippen LogP contribution in [-0.4, -0.2) is 21.2 Å². The van der Waals surface area contributed by atoms with Gasteiger partial charge in [0.1, 0.15) is 5.69 Å². The summed E-state index contributed by atoms with van der Waals surface area (Å²) < 4.78 is 5.32. The molecule has 90 valence electrons. The van der Waals surface area contributed by atoms with E-state index >= 15 is 0 Å². The van der Waals surface area contributed by atoms with E-state index in [1.54, 1.807) is 5.51 Å². The largest absolute Gasteiger partial charge is 0.339 e. The van der Waals surface area contributed by atoms with Crippen molar-refractivity contribution >= 4 is 11.3 Å². The summed E-state index contributed by atoms with van der Waals surface area (Å²) in [5.41, 5.74) is 8.51. The number of rotatable bonds is 2. The van der Waals surface area contributed by atoms with Crippen LogP contribution >= 0.6 is 11.3 Å². The molecule has 5 nitrogen and oxygen atoms in total. The Balaban J connectivity index is 1.80. The summed E-state index contributed by atoms with van der Waals surface area (Å²) in [5.74, 6) is 1.61. The zero-order valence-corrected chi connectivity index (χ0v) is 10.2. The fourth-order valence-corrected chi connectivity index (χ4v) is 2.81. The van der Waals surface area contributed by atoms with E-state index in [4.69, 9.17) is 10.3 Å². The Bertz CT molecular complexity index is 481. The van der Waals surface area contributed by atoms with Crippen LogP contribution in [0.5, 0.6) is 0 Å². The van der Waals surface area contributed by atoms with Crippen LogP contribution in [0.3, 0.4) is 0 Å². The number of hydrogen-bond donors (Lipinski definition) is 1. The average Bonchev–Trinajstić information content (AvgIpc) is 3.00. The molecule has 0 amide bonds. The van der Waals surface area contributed by atoms with Gasteiger partial charge in [0.05, 0.1) is 5.51 Å². The van der Waals surface area contributed by atoms with Crippen LogP contribution in [0.25, 0.3) is 11.5 Å². The third-order valence-corrected chi connectivity index (χ3v) is 3.75. The lowest BCUT2D eigenvalue weighted by Gasteiger charge is -2.23. The van der Waals surface area contributed by atoms with Crippen LogP contribution in [0.1, 0.15) is 37.5 Å². The third-order valence-electron chi connectivity index (χ3n) is 3.17. The zero-order chi connectivity index (χ0) is 11.7. The van der Waals surface area contributed by atoms with Gasteiger partial charge in [-0.2, -0.15) is 4.98 Å². The van der Waals surface area contributed by atoms with E-state index in [1.165, 1.54) is 11.3 Å². The van der Waals surface area contributed by atoms with Gasteiger partial charge < -0.3 is 10.3 Å². The van der Waals surface area contributed by atoms with Crippen molar-refractivity contribution in [3.8, 4) is 11.5 Å². The van der Waals surface area contributed by atoms with Crippen LogP contribution in [0.2, 0.25) is 0 Å². The van der Waals surface area contributed by atoms with Crippen molar-refractivity contribution in [1.29, 1.82) is 0 Å². The van der Waals surface area contributed by atoms with Gasteiger partial charge in [-0.25, -0.2) is 4.98 Å². The van der Waals surface area contributed by atoms with E-state index in [1.807, 2.05) is 5.38 Å². The first-order valence-corrected chi connectivity index (χ1v) is 6.75. The van der Waals surface area contributed by atoms with Gasteiger partial charge in [-0.05, 0) is 19.3 Å². The second-order valence-corrected chi connectivity index (χ2v) is 5.17. The highest BCUT2D eigenvalue weighted by atomic mass is 32.1. The van der Waals surface area contributed by atoms with Gasteiger partial charge in [0, 0.05) is 17.3 Å². The molecule has 1 aliphatic rings. The Kier molecular flexibility index (Phi) is 2.90. The molecule has 1 saturated carbocycles. The van der Waals surface area contributed by atoms with E-state index in [9.17, 15) is 0 Å². The molecular weight excluding hydrogens is 236 g/mol. The molecule has 1 fully saturated rings. The molecule has 0 saturated heterocycles. The van der Waals surface area contributed by atoms with Crippen LogP contribution in [0, 0.1) is 0 Å². The number of nitrogens with two attached hydrogens (primary N) is 1. The van der Waals surface area contributed by atoms with Gasteiger partial charge in [0.2, 0.25) is 11.7 Å². The highest BCUT2D eigenvalue weighted by molar-refractivity contribution is 7.07. The van der Waals surface area contributed by atoms with Gasteiger partial charge in [-0.15, -0.1) is 11.3 Å². The number of hydrogen-bond acceptors (Lipinski definition) is 6. The van der Waals surface area contributed by atoms with Crippen LogP contribution in [0.15, 0.2) is 15.4 Å². The summed E-state index contributed by atoms with van der Waals surface area (Å²) in [7, 11) is 0. The predicted octanol–water partition coefficient (Wildman–Crippen LogP) is 2.18. The normalized spacial score (nSPS) is 25.0. The second kappa shape index (κ2) is 4.54. The molecule has 0 aromatic carbocycles. The molecule has 0 spiro atoms. The highest BCUT2D eigenvalue weighted by Gasteiger charge is 2.25. The maximum atomic E-state index is 5.96. The topological polar surface area (TPSA) is 77.8 Å². The Labute approximate surface area is 103 Å². The molecule has 2 aromatic heterocycles. The SMILES string of the molecule is NC1CCCC(c2nc(-c3cscn3)no2)C1. The predicted molar refractivity (Wildman–Crippen MR) is 64.6 cm³/mol. The molecule has 0 aliphatic heterocycles. The molecular formula is C11H14N4OS. The quantitative estimate of drug-likeness (QED) is 0.883. The molecule has 2 aromatic rings. The molecule has 0 bridgehead atoms. The lowest BCUT2D eigenvalue weighted by atomic mass is 9.86. The van der Waals surface area contributed by atoms with Crippen LogP contribution in [-0.2, 0) is 0 Å². The van der Waals surface area contributed by atoms with Gasteiger partial charge in [0.15, 0.2) is 0 Å². The van der Waals surface area contributed by atoms with Crippen molar-refractivity contribution in [2.75, 3.05) is 0 Å².